The second kappa shape index (κ2) is 7.14. The van der Waals surface area contributed by atoms with Crippen molar-refractivity contribution in [3.63, 3.8) is 0 Å². The van der Waals surface area contributed by atoms with Crippen LogP contribution < -0.4 is 14.8 Å². The molecule has 0 bridgehead atoms. The van der Waals surface area contributed by atoms with Gasteiger partial charge in [-0.25, -0.2) is 0 Å². The standard InChI is InChI=1S/C17H17NO3/c1-20-14-10-7-13(8-11-14)9-12-17(19)18-15-5-3-4-6-16(15)21-2/h3-12H,1-2H3,(H,18,19). The zero-order valence-electron chi connectivity index (χ0n) is 12.0. The van der Waals surface area contributed by atoms with Crippen molar-refractivity contribution in [2.75, 3.05) is 19.5 Å². The fraction of sp³-hybridized carbons (Fsp3) is 0.118. The normalized spacial score (nSPS) is 10.4. The molecule has 4 heteroatoms. The van der Waals surface area contributed by atoms with Crippen LogP contribution in [0.2, 0.25) is 0 Å². The zero-order chi connectivity index (χ0) is 15.1. The summed E-state index contributed by atoms with van der Waals surface area (Å²) < 4.78 is 10.3. The number of hydrogen-bond acceptors (Lipinski definition) is 3. The first kappa shape index (κ1) is 14.7. The molecule has 21 heavy (non-hydrogen) atoms. The van der Waals surface area contributed by atoms with Crippen molar-refractivity contribution in [3.8, 4) is 11.5 Å². The van der Waals surface area contributed by atoms with Gasteiger partial charge in [0.25, 0.3) is 0 Å². The number of benzene rings is 2. The molecule has 2 rings (SSSR count). The van der Waals surface area contributed by atoms with Gasteiger partial charge in [-0.3, -0.25) is 4.79 Å². The van der Waals surface area contributed by atoms with E-state index >= 15 is 0 Å². The quantitative estimate of drug-likeness (QED) is 0.856. The molecule has 0 atom stereocenters. The lowest BCUT2D eigenvalue weighted by Crippen LogP contribution is -2.08. The largest absolute Gasteiger partial charge is 0.497 e. The van der Waals surface area contributed by atoms with Crippen LogP contribution in [0.25, 0.3) is 6.08 Å². The first-order valence-electron chi connectivity index (χ1n) is 6.49. The highest BCUT2D eigenvalue weighted by Gasteiger charge is 2.03. The fourth-order valence-corrected chi connectivity index (χ4v) is 1.81. The van der Waals surface area contributed by atoms with Gasteiger partial charge in [0.1, 0.15) is 11.5 Å². The molecule has 0 unspecified atom stereocenters. The minimum atomic E-state index is -0.213. The molecule has 0 aliphatic rings. The van der Waals surface area contributed by atoms with Crippen LogP contribution in [-0.2, 0) is 4.79 Å². The Balaban J connectivity index is 2.02. The Morgan fingerprint density at radius 3 is 2.38 bits per heavy atom. The van der Waals surface area contributed by atoms with Crippen LogP contribution in [0.15, 0.2) is 54.6 Å². The lowest BCUT2D eigenvalue weighted by atomic mass is 10.2. The average Bonchev–Trinajstić information content (AvgIpc) is 2.54. The molecule has 0 aromatic heterocycles. The number of carbonyl (C=O) groups excluding carboxylic acids is 1. The summed E-state index contributed by atoms with van der Waals surface area (Å²) in [5, 5.41) is 2.78. The Bertz CT molecular complexity index is 633. The predicted octanol–water partition coefficient (Wildman–Crippen LogP) is 3.36. The molecule has 0 fully saturated rings. The third-order valence-corrected chi connectivity index (χ3v) is 2.91. The van der Waals surface area contributed by atoms with E-state index in [4.69, 9.17) is 9.47 Å². The van der Waals surface area contributed by atoms with Crippen molar-refractivity contribution < 1.29 is 14.3 Å². The maximum absolute atomic E-state index is 11.9. The number of ether oxygens (including phenoxy) is 2. The highest BCUT2D eigenvalue weighted by atomic mass is 16.5. The summed E-state index contributed by atoms with van der Waals surface area (Å²) in [6.07, 6.45) is 3.22. The first-order valence-corrected chi connectivity index (χ1v) is 6.49. The molecule has 0 aliphatic heterocycles. The number of hydrogen-bond donors (Lipinski definition) is 1. The van der Waals surface area contributed by atoms with Gasteiger partial charge >= 0.3 is 0 Å². The van der Waals surface area contributed by atoms with Gasteiger partial charge < -0.3 is 14.8 Å². The number of para-hydroxylation sites is 2. The number of amides is 1. The van der Waals surface area contributed by atoms with Crippen LogP contribution in [-0.4, -0.2) is 20.1 Å². The third kappa shape index (κ3) is 4.11. The van der Waals surface area contributed by atoms with E-state index < -0.39 is 0 Å². The van der Waals surface area contributed by atoms with Gasteiger partial charge in [0.05, 0.1) is 19.9 Å². The summed E-state index contributed by atoms with van der Waals surface area (Å²) in [6, 6.07) is 14.7. The van der Waals surface area contributed by atoms with Crippen molar-refractivity contribution in [3.05, 3.63) is 60.2 Å². The van der Waals surface area contributed by atoms with Gasteiger partial charge in [0.2, 0.25) is 5.91 Å². The van der Waals surface area contributed by atoms with Crippen LogP contribution in [0.3, 0.4) is 0 Å². The summed E-state index contributed by atoms with van der Waals surface area (Å²) >= 11 is 0. The van der Waals surface area contributed by atoms with Crippen molar-refractivity contribution in [2.45, 2.75) is 0 Å². The second-order valence-electron chi connectivity index (χ2n) is 4.30. The van der Waals surface area contributed by atoms with Crippen molar-refractivity contribution >= 4 is 17.7 Å². The van der Waals surface area contributed by atoms with Crippen LogP contribution in [0, 0.1) is 0 Å². The Labute approximate surface area is 124 Å². The molecule has 108 valence electrons. The summed E-state index contributed by atoms with van der Waals surface area (Å²) in [7, 11) is 3.18. The molecule has 0 spiro atoms. The Hall–Kier alpha value is -2.75. The molecular formula is C17H17NO3. The van der Waals surface area contributed by atoms with Crippen LogP contribution in [0.5, 0.6) is 11.5 Å². The molecule has 0 heterocycles. The van der Waals surface area contributed by atoms with E-state index in [9.17, 15) is 4.79 Å². The van der Waals surface area contributed by atoms with E-state index in [1.54, 1.807) is 32.4 Å². The van der Waals surface area contributed by atoms with Gasteiger partial charge in [-0.15, -0.1) is 0 Å². The topological polar surface area (TPSA) is 47.6 Å². The Morgan fingerprint density at radius 1 is 1.00 bits per heavy atom. The van der Waals surface area contributed by atoms with Gasteiger partial charge in [-0.2, -0.15) is 0 Å². The van der Waals surface area contributed by atoms with E-state index in [2.05, 4.69) is 5.32 Å². The molecule has 0 aliphatic carbocycles. The highest BCUT2D eigenvalue weighted by molar-refractivity contribution is 6.02. The molecular weight excluding hydrogens is 266 g/mol. The number of anilines is 1. The maximum atomic E-state index is 11.9. The lowest BCUT2D eigenvalue weighted by molar-refractivity contribution is -0.111. The van der Waals surface area contributed by atoms with Crippen LogP contribution in [0.1, 0.15) is 5.56 Å². The summed E-state index contributed by atoms with van der Waals surface area (Å²) in [5.41, 5.74) is 1.57. The SMILES string of the molecule is COc1ccc(C=CC(=O)Nc2ccccc2OC)cc1. The minimum absolute atomic E-state index is 0.213. The Morgan fingerprint density at radius 2 is 1.71 bits per heavy atom. The summed E-state index contributed by atoms with van der Waals surface area (Å²) in [6.45, 7) is 0. The third-order valence-electron chi connectivity index (χ3n) is 2.91. The zero-order valence-corrected chi connectivity index (χ0v) is 12.0. The average molecular weight is 283 g/mol. The minimum Gasteiger partial charge on any atom is -0.497 e. The molecule has 1 amide bonds. The molecule has 2 aromatic carbocycles. The molecule has 0 saturated heterocycles. The molecule has 1 N–H and O–H groups in total. The van der Waals surface area contributed by atoms with E-state index in [-0.39, 0.29) is 5.91 Å². The van der Waals surface area contributed by atoms with Gasteiger partial charge in [0, 0.05) is 6.08 Å². The number of carbonyl (C=O) groups is 1. The fourth-order valence-electron chi connectivity index (χ4n) is 1.81. The van der Waals surface area contributed by atoms with E-state index in [0.717, 1.165) is 11.3 Å². The number of nitrogens with one attached hydrogen (secondary N) is 1. The molecule has 0 radical (unpaired) electrons. The van der Waals surface area contributed by atoms with Crippen LogP contribution >= 0.6 is 0 Å². The van der Waals surface area contributed by atoms with Gasteiger partial charge in [-0.05, 0) is 35.9 Å². The lowest BCUT2D eigenvalue weighted by Gasteiger charge is -2.07. The first-order chi connectivity index (χ1) is 10.2. The van der Waals surface area contributed by atoms with Gasteiger partial charge in [-0.1, -0.05) is 24.3 Å². The second-order valence-corrected chi connectivity index (χ2v) is 4.30. The van der Waals surface area contributed by atoms with E-state index in [0.29, 0.717) is 11.4 Å². The van der Waals surface area contributed by atoms with Crippen molar-refractivity contribution in [2.24, 2.45) is 0 Å². The summed E-state index contributed by atoms with van der Waals surface area (Å²) in [5.74, 6) is 1.20. The predicted molar refractivity (Wildman–Crippen MR) is 83.7 cm³/mol. The van der Waals surface area contributed by atoms with Gasteiger partial charge in [0.15, 0.2) is 0 Å². The van der Waals surface area contributed by atoms with Crippen LogP contribution in [0.4, 0.5) is 5.69 Å². The van der Waals surface area contributed by atoms with Crippen molar-refractivity contribution in [1.82, 2.24) is 0 Å². The van der Waals surface area contributed by atoms with Crippen molar-refractivity contribution in [1.29, 1.82) is 0 Å². The summed E-state index contributed by atoms with van der Waals surface area (Å²) in [4.78, 5) is 11.9. The number of methoxy groups -OCH3 is 2. The molecule has 0 saturated carbocycles. The molecule has 4 nitrogen and oxygen atoms in total. The smallest absolute Gasteiger partial charge is 0.248 e. The molecule has 2 aromatic rings. The van der Waals surface area contributed by atoms with E-state index in [1.165, 1.54) is 6.08 Å². The monoisotopic (exact) mass is 283 g/mol. The Kier molecular flexibility index (Phi) is 4.99. The van der Waals surface area contributed by atoms with E-state index in [1.807, 2.05) is 36.4 Å². The maximum Gasteiger partial charge on any atom is 0.248 e. The highest BCUT2D eigenvalue weighted by Crippen LogP contribution is 2.23. The number of rotatable bonds is 5.